The van der Waals surface area contributed by atoms with Crippen LogP contribution in [0.4, 0.5) is 14.5 Å². The highest BCUT2D eigenvalue weighted by Gasteiger charge is 2.21. The second-order valence-corrected chi connectivity index (χ2v) is 3.14. The largest absolute Gasteiger partial charge is 0.396 e. The van der Waals surface area contributed by atoms with E-state index in [-0.39, 0.29) is 17.8 Å². The Kier molecular flexibility index (Phi) is 3.57. The number of halogens is 2. The molecule has 1 aromatic rings. The molecular formula is C9H12F2N2O2. The third kappa shape index (κ3) is 2.41. The monoisotopic (exact) mass is 218 g/mol. The molecule has 0 aliphatic rings. The van der Waals surface area contributed by atoms with Gasteiger partial charge in [-0.15, -0.1) is 0 Å². The Morgan fingerprint density at radius 3 is 2.33 bits per heavy atom. The molecule has 2 unspecified atom stereocenters. The maximum absolute atomic E-state index is 13.2. The molecular weight excluding hydrogens is 206 g/mol. The number of nitrogen functional groups attached to an aromatic ring is 1. The van der Waals surface area contributed by atoms with Crippen molar-refractivity contribution < 1.29 is 19.0 Å². The fourth-order valence-corrected chi connectivity index (χ4v) is 1.15. The molecule has 0 aliphatic carbocycles. The van der Waals surface area contributed by atoms with Crippen LogP contribution in [0.2, 0.25) is 0 Å². The lowest BCUT2D eigenvalue weighted by molar-refractivity contribution is 0.0222. The summed E-state index contributed by atoms with van der Waals surface area (Å²) in [6.07, 6.45) is -2.83. The lowest BCUT2D eigenvalue weighted by Gasteiger charge is -2.17. The number of anilines is 1. The van der Waals surface area contributed by atoms with Crippen molar-refractivity contribution in [3.63, 3.8) is 0 Å². The highest BCUT2D eigenvalue weighted by Crippen LogP contribution is 2.24. The van der Waals surface area contributed by atoms with Gasteiger partial charge in [0.1, 0.15) is 17.7 Å². The van der Waals surface area contributed by atoms with Crippen LogP contribution in [0.1, 0.15) is 11.7 Å². The van der Waals surface area contributed by atoms with E-state index in [1.807, 2.05) is 0 Å². The molecule has 15 heavy (non-hydrogen) atoms. The van der Waals surface area contributed by atoms with Crippen LogP contribution >= 0.6 is 0 Å². The number of nitrogens with two attached hydrogens (primary N) is 2. The topological polar surface area (TPSA) is 92.5 Å². The van der Waals surface area contributed by atoms with Crippen LogP contribution in [0.15, 0.2) is 12.1 Å². The van der Waals surface area contributed by atoms with Gasteiger partial charge in [0.2, 0.25) is 0 Å². The van der Waals surface area contributed by atoms with Crippen molar-refractivity contribution in [2.75, 3.05) is 12.3 Å². The third-order valence-electron chi connectivity index (χ3n) is 2.04. The molecule has 0 saturated heterocycles. The van der Waals surface area contributed by atoms with Crippen molar-refractivity contribution in [1.82, 2.24) is 0 Å². The smallest absolute Gasteiger partial charge is 0.149 e. The molecule has 6 N–H and O–H groups in total. The molecule has 0 spiro atoms. The van der Waals surface area contributed by atoms with Gasteiger partial charge in [0.15, 0.2) is 0 Å². The third-order valence-corrected chi connectivity index (χ3v) is 2.04. The Hall–Kier alpha value is -1.24. The predicted octanol–water partition coefficient (Wildman–Crippen LogP) is -0.100. The highest BCUT2D eigenvalue weighted by molar-refractivity contribution is 5.44. The van der Waals surface area contributed by atoms with Gasteiger partial charge in [-0.25, -0.2) is 8.78 Å². The van der Waals surface area contributed by atoms with E-state index in [0.29, 0.717) is 6.07 Å². The Morgan fingerprint density at radius 1 is 1.20 bits per heavy atom. The summed E-state index contributed by atoms with van der Waals surface area (Å²) < 4.78 is 25.9. The van der Waals surface area contributed by atoms with Gasteiger partial charge >= 0.3 is 0 Å². The fourth-order valence-electron chi connectivity index (χ4n) is 1.15. The van der Waals surface area contributed by atoms with Crippen molar-refractivity contribution in [1.29, 1.82) is 0 Å². The molecule has 1 aromatic carbocycles. The highest BCUT2D eigenvalue weighted by atomic mass is 19.1. The second kappa shape index (κ2) is 4.52. The standard InChI is InChI=1S/C9H12F2N2O2/c10-5-2-6(11)7(13)1-4(5)9(15)8(14)3-12/h1-2,8-9,14-15H,3,12-13H2. The molecule has 6 heteroatoms. The van der Waals surface area contributed by atoms with Gasteiger partial charge in [-0.3, -0.25) is 0 Å². The average molecular weight is 218 g/mol. The predicted molar refractivity (Wildman–Crippen MR) is 50.8 cm³/mol. The van der Waals surface area contributed by atoms with E-state index in [1.54, 1.807) is 0 Å². The molecule has 0 radical (unpaired) electrons. The van der Waals surface area contributed by atoms with Crippen molar-refractivity contribution in [2.45, 2.75) is 12.2 Å². The van der Waals surface area contributed by atoms with E-state index in [9.17, 15) is 19.0 Å². The van der Waals surface area contributed by atoms with Gasteiger partial charge in [-0.2, -0.15) is 0 Å². The summed E-state index contributed by atoms with van der Waals surface area (Å²) in [4.78, 5) is 0. The second-order valence-electron chi connectivity index (χ2n) is 3.14. The molecule has 0 amide bonds. The number of rotatable bonds is 3. The van der Waals surface area contributed by atoms with Crippen LogP contribution in [0.5, 0.6) is 0 Å². The molecule has 4 nitrogen and oxygen atoms in total. The summed E-state index contributed by atoms with van der Waals surface area (Å²) >= 11 is 0. The molecule has 2 atom stereocenters. The van der Waals surface area contributed by atoms with E-state index in [0.717, 1.165) is 6.07 Å². The van der Waals surface area contributed by atoms with E-state index >= 15 is 0 Å². The summed E-state index contributed by atoms with van der Waals surface area (Å²) in [5.41, 5.74) is 9.73. The fraction of sp³-hybridized carbons (Fsp3) is 0.333. The Bertz CT molecular complexity index is 360. The van der Waals surface area contributed by atoms with E-state index in [1.165, 1.54) is 0 Å². The van der Waals surface area contributed by atoms with Crippen molar-refractivity contribution >= 4 is 5.69 Å². The van der Waals surface area contributed by atoms with Gasteiger partial charge in [-0.1, -0.05) is 0 Å². The minimum Gasteiger partial charge on any atom is -0.396 e. The Balaban J connectivity index is 3.09. The SMILES string of the molecule is NCC(O)C(O)c1cc(N)c(F)cc1F. The molecule has 0 aliphatic heterocycles. The van der Waals surface area contributed by atoms with Crippen molar-refractivity contribution in [3.8, 4) is 0 Å². The van der Waals surface area contributed by atoms with Crippen LogP contribution in [0.25, 0.3) is 0 Å². The Labute approximate surface area is 85.1 Å². The van der Waals surface area contributed by atoms with Crippen molar-refractivity contribution in [3.05, 3.63) is 29.3 Å². The number of hydrogen-bond donors (Lipinski definition) is 4. The summed E-state index contributed by atoms with van der Waals surface area (Å²) in [6, 6.07) is 1.49. The molecule has 0 bridgehead atoms. The number of hydrogen-bond acceptors (Lipinski definition) is 4. The first-order valence-corrected chi connectivity index (χ1v) is 4.28. The molecule has 0 saturated carbocycles. The van der Waals surface area contributed by atoms with E-state index in [2.05, 4.69) is 0 Å². The first-order valence-electron chi connectivity index (χ1n) is 4.28. The van der Waals surface area contributed by atoms with Gasteiger partial charge in [0.05, 0.1) is 11.8 Å². The van der Waals surface area contributed by atoms with Crippen LogP contribution < -0.4 is 11.5 Å². The lowest BCUT2D eigenvalue weighted by atomic mass is 10.0. The normalized spacial score (nSPS) is 15.0. The van der Waals surface area contributed by atoms with Crippen molar-refractivity contribution in [2.24, 2.45) is 5.73 Å². The molecule has 0 fully saturated rings. The van der Waals surface area contributed by atoms with Gasteiger partial charge in [0, 0.05) is 18.2 Å². The zero-order chi connectivity index (χ0) is 11.6. The first-order chi connectivity index (χ1) is 6.97. The average Bonchev–Trinajstić information content (AvgIpc) is 2.21. The van der Waals surface area contributed by atoms with Gasteiger partial charge in [0.25, 0.3) is 0 Å². The number of aliphatic hydroxyl groups is 2. The zero-order valence-electron chi connectivity index (χ0n) is 7.82. The molecule has 1 rings (SSSR count). The summed E-state index contributed by atoms with van der Waals surface area (Å²) in [5.74, 6) is -1.88. The Morgan fingerprint density at radius 2 is 1.80 bits per heavy atom. The minimum absolute atomic E-state index is 0.238. The van der Waals surface area contributed by atoms with Gasteiger partial charge in [-0.05, 0) is 6.07 Å². The van der Waals surface area contributed by atoms with Crippen LogP contribution in [-0.2, 0) is 0 Å². The maximum Gasteiger partial charge on any atom is 0.149 e. The van der Waals surface area contributed by atoms with Gasteiger partial charge < -0.3 is 21.7 Å². The van der Waals surface area contributed by atoms with E-state index < -0.39 is 23.8 Å². The quantitative estimate of drug-likeness (QED) is 0.533. The summed E-state index contributed by atoms with van der Waals surface area (Å²) in [5, 5.41) is 18.6. The van der Waals surface area contributed by atoms with Crippen LogP contribution in [-0.4, -0.2) is 22.9 Å². The summed E-state index contributed by atoms with van der Waals surface area (Å²) in [7, 11) is 0. The number of benzene rings is 1. The summed E-state index contributed by atoms with van der Waals surface area (Å²) in [6.45, 7) is -0.238. The minimum atomic E-state index is -1.52. The maximum atomic E-state index is 13.2. The first kappa shape index (κ1) is 11.8. The number of aliphatic hydroxyl groups excluding tert-OH is 2. The van der Waals surface area contributed by atoms with Crippen LogP contribution in [0, 0.1) is 11.6 Å². The van der Waals surface area contributed by atoms with Crippen LogP contribution in [0.3, 0.4) is 0 Å². The molecule has 84 valence electrons. The molecule has 0 heterocycles. The molecule has 0 aromatic heterocycles. The zero-order valence-corrected chi connectivity index (χ0v) is 7.82. The lowest BCUT2D eigenvalue weighted by Crippen LogP contribution is -2.27. The van der Waals surface area contributed by atoms with E-state index in [4.69, 9.17) is 11.5 Å².